The van der Waals surface area contributed by atoms with Gasteiger partial charge in [-0.25, -0.2) is 14.3 Å². The van der Waals surface area contributed by atoms with Gasteiger partial charge in [0.05, 0.1) is 4.90 Å². The van der Waals surface area contributed by atoms with E-state index < -0.39 is 10.1 Å². The zero-order valence-electron chi connectivity index (χ0n) is 12.2. The first kappa shape index (κ1) is 15.9. The fourth-order valence-corrected chi connectivity index (χ4v) is 2.35. The Morgan fingerprint density at radius 3 is 2.27 bits per heavy atom. The Morgan fingerprint density at radius 2 is 1.73 bits per heavy atom. The average molecular weight is 320 g/mol. The zero-order valence-corrected chi connectivity index (χ0v) is 13.0. The summed E-state index contributed by atoms with van der Waals surface area (Å²) in [5.74, 6) is 5.56. The molecule has 0 radical (unpaired) electrons. The van der Waals surface area contributed by atoms with E-state index >= 15 is 0 Å². The first-order chi connectivity index (χ1) is 10.3. The monoisotopic (exact) mass is 320 g/mol. The van der Waals surface area contributed by atoms with Gasteiger partial charge in [-0.05, 0) is 36.0 Å². The van der Waals surface area contributed by atoms with Crippen molar-refractivity contribution in [2.24, 2.45) is 7.05 Å². The minimum atomic E-state index is -4.27. The summed E-state index contributed by atoms with van der Waals surface area (Å²) >= 11 is 0. The summed E-state index contributed by atoms with van der Waals surface area (Å²) < 4.78 is 32.9. The number of hydrogen-bond acceptors (Lipinski definition) is 5. The number of hydrogen-bond donors (Lipinski definition) is 1. The third-order valence-corrected chi connectivity index (χ3v) is 3.87. The molecule has 116 valence electrons. The zero-order chi connectivity index (χ0) is 16.3. The maximum atomic E-state index is 10.4. The van der Waals surface area contributed by atoms with Crippen LogP contribution in [0, 0.1) is 6.92 Å². The van der Waals surface area contributed by atoms with E-state index in [9.17, 15) is 13.0 Å². The lowest BCUT2D eigenvalue weighted by Crippen LogP contribution is -2.32. The van der Waals surface area contributed by atoms with Crippen LogP contribution in [0.5, 0.6) is 0 Å². The molecule has 2 N–H and O–H groups in total. The minimum absolute atomic E-state index is 0.178. The number of rotatable bonds is 1. The third-order valence-electron chi connectivity index (χ3n) is 3.02. The van der Waals surface area contributed by atoms with E-state index in [1.807, 2.05) is 38.2 Å². The van der Waals surface area contributed by atoms with E-state index in [4.69, 9.17) is 5.84 Å². The predicted molar refractivity (Wildman–Crippen MR) is 80.2 cm³/mol. The second-order valence-electron chi connectivity index (χ2n) is 4.71. The molecule has 0 bridgehead atoms. The molecule has 0 amide bonds. The summed E-state index contributed by atoms with van der Waals surface area (Å²) in [6, 6.07) is 13.6. The van der Waals surface area contributed by atoms with Crippen LogP contribution in [0.2, 0.25) is 0 Å². The number of fused-ring (bicyclic) bond motifs is 1. The van der Waals surface area contributed by atoms with E-state index in [1.165, 1.54) is 16.9 Å². The molecule has 0 aliphatic rings. The van der Waals surface area contributed by atoms with E-state index in [0.717, 1.165) is 16.6 Å². The number of aromatic nitrogens is 3. The molecule has 0 atom stereocenters. The molecule has 1 aromatic heterocycles. The van der Waals surface area contributed by atoms with Crippen molar-refractivity contribution in [3.05, 3.63) is 54.1 Å². The van der Waals surface area contributed by atoms with Crippen LogP contribution in [0.1, 0.15) is 5.56 Å². The normalized spacial score (nSPS) is 11.0. The molecular formula is C14H16N4O3S. The smallest absolute Gasteiger partial charge is 0.227 e. The number of aryl methyl sites for hydroxylation is 2. The summed E-state index contributed by atoms with van der Waals surface area (Å²) in [6.45, 7) is 1.82. The van der Waals surface area contributed by atoms with Gasteiger partial charge in [0, 0.05) is 0 Å². The van der Waals surface area contributed by atoms with Crippen LogP contribution in [0.25, 0.3) is 11.0 Å². The molecule has 3 aromatic rings. The maximum absolute atomic E-state index is 10.4. The molecular weight excluding hydrogens is 304 g/mol. The fraction of sp³-hybridized carbons (Fsp3) is 0.143. The van der Waals surface area contributed by atoms with E-state index in [-0.39, 0.29) is 4.90 Å². The van der Waals surface area contributed by atoms with Gasteiger partial charge in [-0.1, -0.05) is 29.8 Å². The van der Waals surface area contributed by atoms with Gasteiger partial charge in [-0.2, -0.15) is 0 Å². The van der Waals surface area contributed by atoms with Crippen LogP contribution in [-0.4, -0.2) is 23.0 Å². The van der Waals surface area contributed by atoms with Gasteiger partial charge in [0.15, 0.2) is 0 Å². The van der Waals surface area contributed by atoms with Crippen LogP contribution in [0.15, 0.2) is 53.4 Å². The topological polar surface area (TPSA) is 105 Å². The van der Waals surface area contributed by atoms with E-state index in [0.29, 0.717) is 0 Å². The summed E-state index contributed by atoms with van der Waals surface area (Å²) in [5.41, 5.74) is 2.90. The Morgan fingerprint density at radius 1 is 1.14 bits per heavy atom. The first-order valence-electron chi connectivity index (χ1n) is 6.41. The molecule has 0 saturated carbocycles. The highest BCUT2D eigenvalue weighted by molar-refractivity contribution is 7.85. The van der Waals surface area contributed by atoms with Crippen molar-refractivity contribution in [2.45, 2.75) is 11.8 Å². The largest absolute Gasteiger partial charge is 0.744 e. The van der Waals surface area contributed by atoms with Gasteiger partial charge in [-0.15, -0.1) is 4.68 Å². The molecule has 2 aromatic carbocycles. The number of nitrogens with zero attached hydrogens (tertiary/aromatic N) is 3. The Kier molecular flexibility index (Phi) is 4.43. The number of benzene rings is 2. The highest BCUT2D eigenvalue weighted by Crippen LogP contribution is 2.08. The van der Waals surface area contributed by atoms with Crippen molar-refractivity contribution in [2.75, 3.05) is 5.84 Å². The lowest BCUT2D eigenvalue weighted by Gasteiger charge is -2.05. The van der Waals surface area contributed by atoms with Crippen LogP contribution in [-0.2, 0) is 17.2 Å². The van der Waals surface area contributed by atoms with Gasteiger partial charge in [0.1, 0.15) is 22.4 Å². The van der Waals surface area contributed by atoms with Gasteiger partial charge in [0.2, 0.25) is 11.0 Å². The van der Waals surface area contributed by atoms with Crippen LogP contribution in [0.3, 0.4) is 0 Å². The Bertz CT molecular complexity index is 850. The summed E-state index contributed by atoms with van der Waals surface area (Å²) in [5, 5.41) is 4.00. The molecule has 0 aliphatic heterocycles. The van der Waals surface area contributed by atoms with E-state index in [1.54, 1.807) is 16.8 Å². The minimum Gasteiger partial charge on any atom is -0.744 e. The maximum Gasteiger partial charge on any atom is 0.227 e. The Balaban J connectivity index is 0.000000160. The standard InChI is InChI=1S/C7H9N4.C7H8O3S/c1-10-6-4-2-3-5-7(6)11(8)9-10;1-6-2-4-7(5-3-6)11(8,9)10/h2-5H,1H3,(H2,8,9);2-5H,1H3,(H,8,9,10)/q+1;/p-1. The summed E-state index contributed by atoms with van der Waals surface area (Å²) in [6.07, 6.45) is 0. The lowest BCUT2D eigenvalue weighted by molar-refractivity contribution is -0.708. The number of para-hydroxylation sites is 2. The SMILES string of the molecule is C[n+]1nn(N)c2ccccc21.Cc1ccc(S(=O)(=O)[O-])cc1. The average Bonchev–Trinajstić information content (AvgIpc) is 2.75. The van der Waals surface area contributed by atoms with Gasteiger partial charge < -0.3 is 4.55 Å². The number of nitrogens with two attached hydrogens (primary N) is 1. The second kappa shape index (κ2) is 6.12. The van der Waals surface area contributed by atoms with Crippen molar-refractivity contribution < 1.29 is 17.7 Å². The van der Waals surface area contributed by atoms with Crippen molar-refractivity contribution >= 4 is 21.2 Å². The molecule has 0 fully saturated rings. The van der Waals surface area contributed by atoms with Gasteiger partial charge >= 0.3 is 0 Å². The molecule has 3 rings (SSSR count). The van der Waals surface area contributed by atoms with Crippen molar-refractivity contribution in [1.29, 1.82) is 0 Å². The first-order valence-corrected chi connectivity index (χ1v) is 7.81. The Hall–Kier alpha value is -2.45. The molecule has 0 saturated heterocycles. The lowest BCUT2D eigenvalue weighted by atomic mass is 10.2. The van der Waals surface area contributed by atoms with Crippen LogP contribution >= 0.6 is 0 Å². The number of nitrogen functional groups attached to an aromatic ring is 1. The molecule has 0 spiro atoms. The van der Waals surface area contributed by atoms with Crippen molar-refractivity contribution in [1.82, 2.24) is 10.0 Å². The highest BCUT2D eigenvalue weighted by Gasteiger charge is 2.10. The third kappa shape index (κ3) is 3.60. The quantitative estimate of drug-likeness (QED) is 0.399. The summed E-state index contributed by atoms with van der Waals surface area (Å²) in [7, 11) is -2.40. The molecule has 0 aliphatic carbocycles. The van der Waals surface area contributed by atoms with Crippen molar-refractivity contribution in [3.8, 4) is 0 Å². The predicted octanol–water partition coefficient (Wildman–Crippen LogP) is 0.474. The van der Waals surface area contributed by atoms with E-state index in [2.05, 4.69) is 5.21 Å². The molecule has 22 heavy (non-hydrogen) atoms. The molecule has 1 heterocycles. The van der Waals surface area contributed by atoms with Gasteiger partial charge in [-0.3, -0.25) is 0 Å². The molecule has 8 heteroatoms. The van der Waals surface area contributed by atoms with Crippen LogP contribution < -0.4 is 10.5 Å². The summed E-state index contributed by atoms with van der Waals surface area (Å²) in [4.78, 5) is 1.19. The Labute approximate surface area is 128 Å². The molecule has 7 nitrogen and oxygen atoms in total. The second-order valence-corrected chi connectivity index (χ2v) is 6.09. The van der Waals surface area contributed by atoms with Gasteiger partial charge in [0.25, 0.3) is 0 Å². The van der Waals surface area contributed by atoms with Crippen LogP contribution in [0.4, 0.5) is 0 Å². The fourth-order valence-electron chi connectivity index (χ4n) is 1.88. The highest BCUT2D eigenvalue weighted by atomic mass is 32.2. The van der Waals surface area contributed by atoms with Crippen molar-refractivity contribution in [3.63, 3.8) is 0 Å². The molecule has 0 unspecified atom stereocenters.